The third-order valence-electron chi connectivity index (χ3n) is 4.42. The summed E-state index contributed by atoms with van der Waals surface area (Å²) in [4.78, 5) is 11.8. The maximum Gasteiger partial charge on any atom is 1.00 e. The van der Waals surface area contributed by atoms with E-state index in [1.165, 1.54) is 0 Å². The van der Waals surface area contributed by atoms with E-state index in [-0.39, 0.29) is 80.4 Å². The number of carboxylic acids is 1. The number of carbonyl (C=O) groups is 1. The molecule has 0 saturated carbocycles. The Hall–Kier alpha value is -0.594. The van der Waals surface area contributed by atoms with Gasteiger partial charge in [-0.3, -0.25) is 0 Å². The molecule has 0 aliphatic rings. The zero-order chi connectivity index (χ0) is 19.9. The predicted octanol–water partition coefficient (Wildman–Crippen LogP) is 1.22. The SMILES string of the molecule is CCCCCc1c(CC=C(C)C)c(O)c(CC=C(C)C)c(O)c1C(=O)[O-].[K+]. The molecule has 0 spiro atoms. The van der Waals surface area contributed by atoms with Crippen molar-refractivity contribution in [2.24, 2.45) is 0 Å². The number of phenolic OH excluding ortho intramolecular Hbond substituents is 1. The number of unbranched alkanes of at least 4 members (excludes halogenated alkanes) is 2. The Bertz CT molecular complexity index is 710. The molecule has 0 heterocycles. The number of aromatic carboxylic acids is 1. The third-order valence-corrected chi connectivity index (χ3v) is 4.42. The van der Waals surface area contributed by atoms with Crippen LogP contribution in [-0.2, 0) is 19.3 Å². The van der Waals surface area contributed by atoms with Crippen LogP contribution in [0.3, 0.4) is 0 Å². The molecule has 4 nitrogen and oxygen atoms in total. The predicted molar refractivity (Wildman–Crippen MR) is 104 cm³/mol. The van der Waals surface area contributed by atoms with Gasteiger partial charge in [0.25, 0.3) is 0 Å². The van der Waals surface area contributed by atoms with E-state index in [9.17, 15) is 20.1 Å². The van der Waals surface area contributed by atoms with Crippen LogP contribution in [0.4, 0.5) is 0 Å². The van der Waals surface area contributed by atoms with Gasteiger partial charge in [0.2, 0.25) is 0 Å². The molecule has 0 unspecified atom stereocenters. The molecular formula is C22H31KO4. The van der Waals surface area contributed by atoms with Crippen LogP contribution in [0.2, 0.25) is 0 Å². The number of hydrogen-bond acceptors (Lipinski definition) is 4. The fourth-order valence-corrected chi connectivity index (χ4v) is 2.96. The zero-order valence-corrected chi connectivity index (χ0v) is 20.7. The molecule has 0 bridgehead atoms. The molecule has 0 aliphatic carbocycles. The summed E-state index contributed by atoms with van der Waals surface area (Å²) in [7, 11) is 0. The summed E-state index contributed by atoms with van der Waals surface area (Å²) in [5.74, 6) is -1.77. The minimum atomic E-state index is -1.40. The van der Waals surface area contributed by atoms with Crippen molar-refractivity contribution < 1.29 is 71.5 Å². The number of aromatic hydroxyl groups is 2. The van der Waals surface area contributed by atoms with E-state index < -0.39 is 5.97 Å². The van der Waals surface area contributed by atoms with Gasteiger partial charge in [0.15, 0.2) is 0 Å². The second kappa shape index (κ2) is 12.8. The van der Waals surface area contributed by atoms with Crippen molar-refractivity contribution >= 4 is 5.97 Å². The number of rotatable bonds is 9. The van der Waals surface area contributed by atoms with Crippen LogP contribution >= 0.6 is 0 Å². The van der Waals surface area contributed by atoms with Gasteiger partial charge in [-0.25, -0.2) is 0 Å². The van der Waals surface area contributed by atoms with Gasteiger partial charge in [-0.05, 0) is 58.9 Å². The van der Waals surface area contributed by atoms with Gasteiger partial charge in [-0.2, -0.15) is 0 Å². The smallest absolute Gasteiger partial charge is 0.545 e. The normalized spacial score (nSPS) is 10.1. The fraction of sp³-hybridized carbons (Fsp3) is 0.500. The number of carbonyl (C=O) groups excluding carboxylic acids is 1. The summed E-state index contributed by atoms with van der Waals surface area (Å²) in [5.41, 5.74) is 3.26. The Morgan fingerprint density at radius 2 is 1.41 bits per heavy atom. The first-order valence-electron chi connectivity index (χ1n) is 9.27. The Morgan fingerprint density at radius 1 is 0.889 bits per heavy atom. The number of carboxylic acid groups (broad SMARTS) is 1. The molecule has 0 aromatic heterocycles. The van der Waals surface area contributed by atoms with Gasteiger partial charge in [0, 0.05) is 16.7 Å². The summed E-state index contributed by atoms with van der Waals surface area (Å²) >= 11 is 0. The molecule has 1 aromatic rings. The van der Waals surface area contributed by atoms with E-state index in [4.69, 9.17) is 0 Å². The maximum absolute atomic E-state index is 11.8. The maximum atomic E-state index is 11.8. The molecule has 0 radical (unpaired) electrons. The van der Waals surface area contributed by atoms with Crippen LogP contribution in [-0.4, -0.2) is 16.2 Å². The molecule has 0 aliphatic heterocycles. The number of benzene rings is 1. The Balaban J connectivity index is 0.00000676. The van der Waals surface area contributed by atoms with Crippen molar-refractivity contribution in [3.63, 3.8) is 0 Å². The summed E-state index contributed by atoms with van der Waals surface area (Å²) < 4.78 is 0. The summed E-state index contributed by atoms with van der Waals surface area (Å²) in [6.07, 6.45) is 7.76. The summed E-state index contributed by atoms with van der Waals surface area (Å²) in [6.45, 7) is 9.81. The van der Waals surface area contributed by atoms with Crippen LogP contribution in [0.25, 0.3) is 0 Å². The largest absolute Gasteiger partial charge is 1.00 e. The molecule has 0 atom stereocenters. The van der Waals surface area contributed by atoms with Crippen molar-refractivity contribution in [3.05, 3.63) is 45.6 Å². The third kappa shape index (κ3) is 7.74. The zero-order valence-electron chi connectivity index (χ0n) is 17.6. The summed E-state index contributed by atoms with van der Waals surface area (Å²) in [5, 5.41) is 33.2. The minimum Gasteiger partial charge on any atom is -0.545 e. The Kier molecular flexibility index (Phi) is 12.5. The standard InChI is InChI=1S/C22H32O4.K/c1-6-7-8-9-16-17(12-10-14(2)3)20(23)18(13-11-15(4)5)21(24)19(16)22(25)26;/h10-11,23-24H,6-9,12-13H2,1-5H3,(H,25,26);/q;+1/p-1. The summed E-state index contributed by atoms with van der Waals surface area (Å²) in [6, 6.07) is 0. The van der Waals surface area contributed by atoms with Crippen LogP contribution < -0.4 is 56.5 Å². The van der Waals surface area contributed by atoms with Gasteiger partial charge in [0.05, 0.1) is 5.97 Å². The molecule has 144 valence electrons. The quantitative estimate of drug-likeness (QED) is 0.372. The van der Waals surface area contributed by atoms with Crippen LogP contribution in [0.15, 0.2) is 23.3 Å². The Labute approximate surface area is 205 Å². The molecule has 0 amide bonds. The van der Waals surface area contributed by atoms with E-state index in [2.05, 4.69) is 6.92 Å². The number of phenols is 2. The average molecular weight is 399 g/mol. The first-order chi connectivity index (χ1) is 12.2. The van der Waals surface area contributed by atoms with Crippen molar-refractivity contribution in [3.8, 4) is 11.5 Å². The number of hydrogen-bond donors (Lipinski definition) is 2. The van der Waals surface area contributed by atoms with E-state index in [0.29, 0.717) is 24.0 Å². The van der Waals surface area contributed by atoms with Gasteiger partial charge >= 0.3 is 51.4 Å². The van der Waals surface area contributed by atoms with E-state index in [1.807, 2.05) is 39.8 Å². The molecule has 1 rings (SSSR count). The van der Waals surface area contributed by atoms with E-state index in [0.717, 1.165) is 30.4 Å². The topological polar surface area (TPSA) is 80.6 Å². The van der Waals surface area contributed by atoms with Gasteiger partial charge < -0.3 is 20.1 Å². The van der Waals surface area contributed by atoms with Crippen molar-refractivity contribution in [2.45, 2.75) is 73.1 Å². The van der Waals surface area contributed by atoms with Crippen molar-refractivity contribution in [2.75, 3.05) is 0 Å². The van der Waals surface area contributed by atoms with Gasteiger partial charge in [-0.15, -0.1) is 0 Å². The van der Waals surface area contributed by atoms with Crippen LogP contribution in [0.5, 0.6) is 11.5 Å². The first kappa shape index (κ1) is 26.4. The first-order valence-corrected chi connectivity index (χ1v) is 9.27. The van der Waals surface area contributed by atoms with E-state index in [1.54, 1.807) is 0 Å². The molecule has 5 heteroatoms. The van der Waals surface area contributed by atoms with Gasteiger partial charge in [-0.1, -0.05) is 43.1 Å². The monoisotopic (exact) mass is 398 g/mol. The van der Waals surface area contributed by atoms with Gasteiger partial charge in [0.1, 0.15) is 11.5 Å². The molecule has 0 saturated heterocycles. The van der Waals surface area contributed by atoms with E-state index >= 15 is 0 Å². The molecule has 2 N–H and O–H groups in total. The second-order valence-corrected chi connectivity index (χ2v) is 7.22. The van der Waals surface area contributed by atoms with Crippen LogP contribution in [0.1, 0.15) is 80.9 Å². The second-order valence-electron chi connectivity index (χ2n) is 7.22. The average Bonchev–Trinajstić information content (AvgIpc) is 2.53. The fourth-order valence-electron chi connectivity index (χ4n) is 2.96. The molecule has 1 aromatic carbocycles. The molecule has 0 fully saturated rings. The minimum absolute atomic E-state index is 0. The molecule has 27 heavy (non-hydrogen) atoms. The molecular weight excluding hydrogens is 367 g/mol. The Morgan fingerprint density at radius 3 is 1.85 bits per heavy atom. The van der Waals surface area contributed by atoms with Crippen LogP contribution in [0, 0.1) is 0 Å². The van der Waals surface area contributed by atoms with Crippen molar-refractivity contribution in [1.29, 1.82) is 0 Å². The number of allylic oxidation sites excluding steroid dienone is 4. The van der Waals surface area contributed by atoms with Crippen molar-refractivity contribution in [1.82, 2.24) is 0 Å².